The van der Waals surface area contributed by atoms with Gasteiger partial charge in [-0.3, -0.25) is 0 Å². The van der Waals surface area contributed by atoms with Crippen LogP contribution in [0, 0.1) is 0 Å². The van der Waals surface area contributed by atoms with Crippen LogP contribution in [0.4, 0.5) is 13.2 Å². The van der Waals surface area contributed by atoms with E-state index in [1.807, 2.05) is 0 Å². The maximum Gasteiger partial charge on any atom is 0.446 e. The van der Waals surface area contributed by atoms with Gasteiger partial charge in [-0.2, -0.15) is 13.2 Å². The molecule has 1 aromatic carbocycles. The summed E-state index contributed by atoms with van der Waals surface area (Å²) in [5.74, 6) is -0.233. The Morgan fingerprint density at radius 2 is 1.75 bits per heavy atom. The summed E-state index contributed by atoms with van der Waals surface area (Å²) in [6, 6.07) is 5.34. The van der Waals surface area contributed by atoms with E-state index in [2.05, 4.69) is 0 Å². The van der Waals surface area contributed by atoms with Gasteiger partial charge in [0.15, 0.2) is 5.60 Å². The highest BCUT2D eigenvalue weighted by Crippen LogP contribution is 2.37. The fourth-order valence-corrected chi connectivity index (χ4v) is 1.89. The van der Waals surface area contributed by atoms with Crippen molar-refractivity contribution in [3.05, 3.63) is 24.3 Å². The van der Waals surface area contributed by atoms with Crippen molar-refractivity contribution >= 4 is 17.7 Å². The average molecular weight is 308 g/mol. The van der Waals surface area contributed by atoms with Gasteiger partial charge < -0.3 is 9.47 Å². The van der Waals surface area contributed by atoms with E-state index in [1.54, 1.807) is 6.92 Å². The molecular weight excluding hydrogens is 293 g/mol. The van der Waals surface area contributed by atoms with Crippen molar-refractivity contribution in [1.29, 1.82) is 0 Å². The fourth-order valence-electron chi connectivity index (χ4n) is 1.35. The van der Waals surface area contributed by atoms with Crippen LogP contribution in [0.15, 0.2) is 29.2 Å². The molecule has 0 bridgehead atoms. The smallest absolute Gasteiger partial charge is 0.446 e. The van der Waals surface area contributed by atoms with Crippen molar-refractivity contribution in [3.63, 3.8) is 0 Å². The lowest BCUT2D eigenvalue weighted by Gasteiger charge is -2.24. The molecule has 0 atom stereocenters. The second-order valence-corrected chi connectivity index (χ2v) is 5.49. The first-order chi connectivity index (χ1) is 9.14. The molecule has 0 N–H and O–H groups in total. The van der Waals surface area contributed by atoms with E-state index in [0.717, 1.165) is 0 Å². The third kappa shape index (κ3) is 5.32. The lowest BCUT2D eigenvalue weighted by atomic mass is 10.1. The number of esters is 1. The fraction of sp³-hybridized carbons (Fsp3) is 0.462. The van der Waals surface area contributed by atoms with Gasteiger partial charge >= 0.3 is 11.5 Å². The molecule has 3 nitrogen and oxygen atoms in total. The van der Waals surface area contributed by atoms with Crippen LogP contribution in [0.3, 0.4) is 0 Å². The van der Waals surface area contributed by atoms with Crippen molar-refractivity contribution in [3.8, 4) is 5.75 Å². The van der Waals surface area contributed by atoms with E-state index >= 15 is 0 Å². The lowest BCUT2D eigenvalue weighted by molar-refractivity contribution is -0.158. The van der Waals surface area contributed by atoms with Gasteiger partial charge in [0, 0.05) is 4.90 Å². The second kappa shape index (κ2) is 6.39. The van der Waals surface area contributed by atoms with Gasteiger partial charge in [-0.25, -0.2) is 4.79 Å². The summed E-state index contributed by atoms with van der Waals surface area (Å²) >= 11 is -0.205. The zero-order valence-electron chi connectivity index (χ0n) is 11.3. The standard InChI is InChI=1S/C13H15F3O3S/c1-4-18-11(17)12(2,3)19-9-5-7-10(8-6-9)20-13(14,15)16/h5-8H,4H2,1-3H3. The summed E-state index contributed by atoms with van der Waals surface area (Å²) in [6.45, 7) is 4.97. The molecule has 0 aliphatic rings. The molecule has 0 saturated carbocycles. The Hall–Kier alpha value is -1.37. The molecule has 0 saturated heterocycles. The Morgan fingerprint density at radius 3 is 2.20 bits per heavy atom. The molecule has 1 aromatic rings. The van der Waals surface area contributed by atoms with Gasteiger partial charge in [-0.15, -0.1) is 0 Å². The quantitative estimate of drug-likeness (QED) is 0.608. The first-order valence-corrected chi connectivity index (χ1v) is 6.68. The van der Waals surface area contributed by atoms with Crippen LogP contribution in [-0.2, 0) is 9.53 Å². The Bertz CT molecular complexity index is 455. The van der Waals surface area contributed by atoms with E-state index in [0.29, 0.717) is 5.75 Å². The summed E-state index contributed by atoms with van der Waals surface area (Å²) in [7, 11) is 0. The molecule has 1 rings (SSSR count). The van der Waals surface area contributed by atoms with E-state index in [9.17, 15) is 18.0 Å². The third-order valence-electron chi connectivity index (χ3n) is 2.20. The van der Waals surface area contributed by atoms with Crippen molar-refractivity contribution in [2.24, 2.45) is 0 Å². The first kappa shape index (κ1) is 16.7. The van der Waals surface area contributed by atoms with Crippen molar-refractivity contribution in [2.45, 2.75) is 36.8 Å². The minimum absolute atomic E-state index is 0.0544. The minimum Gasteiger partial charge on any atom is -0.476 e. The highest BCUT2D eigenvalue weighted by molar-refractivity contribution is 8.00. The van der Waals surface area contributed by atoms with Gasteiger partial charge in [-0.1, -0.05) is 0 Å². The minimum atomic E-state index is -4.33. The zero-order valence-corrected chi connectivity index (χ0v) is 12.1. The Morgan fingerprint density at radius 1 is 1.20 bits per heavy atom. The number of ether oxygens (including phenoxy) is 2. The molecule has 20 heavy (non-hydrogen) atoms. The van der Waals surface area contributed by atoms with Gasteiger partial charge in [0.25, 0.3) is 0 Å². The van der Waals surface area contributed by atoms with Crippen LogP contribution in [0.1, 0.15) is 20.8 Å². The molecule has 0 fully saturated rings. The maximum absolute atomic E-state index is 12.2. The van der Waals surface area contributed by atoms with Gasteiger partial charge in [-0.05, 0) is 56.8 Å². The van der Waals surface area contributed by atoms with E-state index < -0.39 is 17.1 Å². The summed E-state index contributed by atoms with van der Waals surface area (Å²) in [4.78, 5) is 11.7. The van der Waals surface area contributed by atoms with Crippen LogP contribution >= 0.6 is 11.8 Å². The molecule has 0 unspecified atom stereocenters. The van der Waals surface area contributed by atoms with Crippen LogP contribution < -0.4 is 4.74 Å². The van der Waals surface area contributed by atoms with Crippen LogP contribution in [0.2, 0.25) is 0 Å². The predicted molar refractivity (Wildman–Crippen MR) is 69.7 cm³/mol. The van der Waals surface area contributed by atoms with Gasteiger partial charge in [0.2, 0.25) is 0 Å². The number of hydrogen-bond acceptors (Lipinski definition) is 4. The predicted octanol–water partition coefficient (Wildman–Crippen LogP) is 4.02. The SMILES string of the molecule is CCOC(=O)C(C)(C)Oc1ccc(SC(F)(F)F)cc1. The molecule has 0 amide bonds. The van der Waals surface area contributed by atoms with Crippen molar-refractivity contribution in [2.75, 3.05) is 6.61 Å². The number of halogens is 3. The number of carbonyl (C=O) groups is 1. The number of thioether (sulfide) groups is 1. The number of benzene rings is 1. The molecular formula is C13H15F3O3S. The monoisotopic (exact) mass is 308 g/mol. The number of alkyl halides is 3. The molecule has 0 aliphatic heterocycles. The average Bonchev–Trinajstić information content (AvgIpc) is 2.30. The van der Waals surface area contributed by atoms with E-state index in [-0.39, 0.29) is 23.3 Å². The summed E-state index contributed by atoms with van der Waals surface area (Å²) in [5, 5.41) is 0. The highest BCUT2D eigenvalue weighted by Gasteiger charge is 2.32. The maximum atomic E-state index is 12.2. The number of rotatable bonds is 5. The third-order valence-corrected chi connectivity index (χ3v) is 2.94. The van der Waals surface area contributed by atoms with Crippen LogP contribution in [-0.4, -0.2) is 23.7 Å². The molecule has 0 aromatic heterocycles. The van der Waals surface area contributed by atoms with Crippen LogP contribution in [0.5, 0.6) is 5.75 Å². The van der Waals surface area contributed by atoms with Crippen molar-refractivity contribution in [1.82, 2.24) is 0 Å². The highest BCUT2D eigenvalue weighted by atomic mass is 32.2. The summed E-state index contributed by atoms with van der Waals surface area (Å²) in [5.41, 5.74) is -5.53. The van der Waals surface area contributed by atoms with Gasteiger partial charge in [0.05, 0.1) is 6.61 Å². The van der Waals surface area contributed by atoms with E-state index in [4.69, 9.17) is 9.47 Å². The Kier molecular flexibility index (Phi) is 5.33. The van der Waals surface area contributed by atoms with Crippen molar-refractivity contribution < 1.29 is 27.4 Å². The summed E-state index contributed by atoms with van der Waals surface area (Å²) in [6.07, 6.45) is 0. The number of hydrogen-bond donors (Lipinski definition) is 0. The molecule has 0 heterocycles. The number of carbonyl (C=O) groups excluding carboxylic acids is 1. The molecule has 0 aliphatic carbocycles. The molecule has 0 spiro atoms. The second-order valence-electron chi connectivity index (χ2n) is 4.35. The topological polar surface area (TPSA) is 35.5 Å². The first-order valence-electron chi connectivity index (χ1n) is 5.86. The Balaban J connectivity index is 2.72. The lowest BCUT2D eigenvalue weighted by Crippen LogP contribution is -2.39. The van der Waals surface area contributed by atoms with Gasteiger partial charge in [0.1, 0.15) is 5.75 Å². The van der Waals surface area contributed by atoms with Crippen LogP contribution in [0.25, 0.3) is 0 Å². The zero-order chi connectivity index (χ0) is 15.4. The largest absolute Gasteiger partial charge is 0.476 e. The summed E-state index contributed by atoms with van der Waals surface area (Å²) < 4.78 is 46.8. The molecule has 112 valence electrons. The molecule has 0 radical (unpaired) electrons. The van der Waals surface area contributed by atoms with E-state index in [1.165, 1.54) is 38.1 Å². The molecule has 7 heteroatoms. The Labute approximate surface area is 119 Å². The normalized spacial score (nSPS) is 12.1.